The van der Waals surface area contributed by atoms with Crippen LogP contribution in [0.5, 0.6) is 0 Å². The summed E-state index contributed by atoms with van der Waals surface area (Å²) >= 11 is 0. The monoisotopic (exact) mass is 419 g/mol. The van der Waals surface area contributed by atoms with Gasteiger partial charge in [0.2, 0.25) is 21.8 Å². The molecule has 4 aliphatic carbocycles. The number of sulfonamides is 1. The third-order valence-electron chi connectivity index (χ3n) is 6.94. The topological polar surface area (TPSA) is 118 Å². The van der Waals surface area contributed by atoms with Crippen LogP contribution in [-0.2, 0) is 19.6 Å². The van der Waals surface area contributed by atoms with Crippen LogP contribution in [0.1, 0.15) is 50.5 Å². The zero-order valence-corrected chi connectivity index (χ0v) is 17.6. The predicted molar refractivity (Wildman–Crippen MR) is 109 cm³/mol. The van der Waals surface area contributed by atoms with E-state index in [2.05, 4.69) is 10.6 Å². The highest BCUT2D eigenvalue weighted by atomic mass is 32.2. The second-order valence-electron chi connectivity index (χ2n) is 9.28. The van der Waals surface area contributed by atoms with Gasteiger partial charge in [-0.05, 0) is 80.9 Å². The van der Waals surface area contributed by atoms with Gasteiger partial charge in [0, 0.05) is 24.1 Å². The van der Waals surface area contributed by atoms with Gasteiger partial charge in [-0.1, -0.05) is 6.07 Å². The lowest BCUT2D eigenvalue weighted by Gasteiger charge is -2.55. The molecule has 1 aromatic carbocycles. The molecule has 4 N–H and O–H groups in total. The van der Waals surface area contributed by atoms with E-state index in [4.69, 9.17) is 5.14 Å². The van der Waals surface area contributed by atoms with Gasteiger partial charge in [0.05, 0.1) is 4.90 Å². The molecule has 0 aromatic heterocycles. The minimum Gasteiger partial charge on any atom is -0.355 e. The number of nitrogens with two attached hydrogens (primary N) is 1. The highest BCUT2D eigenvalue weighted by Crippen LogP contribution is 2.60. The molecule has 0 spiro atoms. The van der Waals surface area contributed by atoms with Crippen LogP contribution in [0, 0.1) is 30.1 Å². The average molecular weight is 420 g/mol. The molecule has 158 valence electrons. The molecule has 0 radical (unpaired) electrons. The molecule has 2 amide bonds. The molecule has 0 aliphatic heterocycles. The summed E-state index contributed by atoms with van der Waals surface area (Å²) in [6.07, 6.45) is 6.98. The Morgan fingerprint density at radius 1 is 1.10 bits per heavy atom. The van der Waals surface area contributed by atoms with E-state index in [1.165, 1.54) is 25.3 Å². The van der Waals surface area contributed by atoms with E-state index < -0.39 is 10.0 Å². The maximum atomic E-state index is 12.9. The fourth-order valence-corrected chi connectivity index (χ4v) is 6.88. The summed E-state index contributed by atoms with van der Waals surface area (Å²) < 4.78 is 23.2. The van der Waals surface area contributed by atoms with Crippen LogP contribution in [0.2, 0.25) is 0 Å². The Bertz CT molecular complexity index is 906. The number of hydrogen-bond acceptors (Lipinski definition) is 4. The largest absolute Gasteiger partial charge is 0.355 e. The van der Waals surface area contributed by atoms with Crippen molar-refractivity contribution in [3.63, 3.8) is 0 Å². The first-order chi connectivity index (χ1) is 13.6. The van der Waals surface area contributed by atoms with Gasteiger partial charge in [-0.2, -0.15) is 0 Å². The number of carbonyl (C=O) groups excluding carboxylic acids is 2. The first kappa shape index (κ1) is 20.3. The summed E-state index contributed by atoms with van der Waals surface area (Å²) in [6, 6.07) is 4.59. The van der Waals surface area contributed by atoms with E-state index >= 15 is 0 Å². The number of rotatable bonds is 6. The number of hydrogen-bond donors (Lipinski definition) is 3. The number of benzene rings is 1. The van der Waals surface area contributed by atoms with Gasteiger partial charge in [0.15, 0.2) is 0 Å². The van der Waals surface area contributed by atoms with Crippen molar-refractivity contribution in [3.8, 4) is 0 Å². The van der Waals surface area contributed by atoms with E-state index in [-0.39, 0.29) is 35.1 Å². The Morgan fingerprint density at radius 3 is 2.24 bits per heavy atom. The molecule has 0 saturated heterocycles. The highest BCUT2D eigenvalue weighted by Gasteiger charge is 2.54. The maximum Gasteiger partial charge on any atom is 0.238 e. The molecule has 4 bridgehead atoms. The van der Waals surface area contributed by atoms with Gasteiger partial charge in [-0.25, -0.2) is 13.6 Å². The van der Waals surface area contributed by atoms with Crippen LogP contribution < -0.4 is 15.8 Å². The molecule has 4 fully saturated rings. The van der Waals surface area contributed by atoms with Crippen molar-refractivity contribution in [2.45, 2.75) is 56.8 Å². The minimum atomic E-state index is -3.85. The second-order valence-corrected chi connectivity index (χ2v) is 10.8. The Hall–Kier alpha value is -1.93. The van der Waals surface area contributed by atoms with Crippen molar-refractivity contribution >= 4 is 27.5 Å². The number of amides is 2. The van der Waals surface area contributed by atoms with E-state index in [0.717, 1.165) is 19.3 Å². The van der Waals surface area contributed by atoms with Gasteiger partial charge >= 0.3 is 0 Å². The quantitative estimate of drug-likeness (QED) is 0.655. The van der Waals surface area contributed by atoms with Gasteiger partial charge in [-0.3, -0.25) is 9.59 Å². The summed E-state index contributed by atoms with van der Waals surface area (Å²) in [5.74, 6) is 1.93. The Morgan fingerprint density at radius 2 is 1.69 bits per heavy atom. The SMILES string of the molecule is Cc1ccc(NC(=O)CCNC(=O)C23CC4CC(CC(C4)C2)C3)cc1S(N)(=O)=O. The minimum absolute atomic E-state index is 0.00887. The Balaban J connectivity index is 1.30. The average Bonchev–Trinajstić information content (AvgIpc) is 2.61. The van der Waals surface area contributed by atoms with Crippen molar-refractivity contribution in [1.82, 2.24) is 5.32 Å². The van der Waals surface area contributed by atoms with Crippen LogP contribution in [0.15, 0.2) is 23.1 Å². The third kappa shape index (κ3) is 4.19. The van der Waals surface area contributed by atoms with Crippen molar-refractivity contribution in [1.29, 1.82) is 0 Å². The Kier molecular flexibility index (Phi) is 5.19. The molecular formula is C21H29N3O4S. The van der Waals surface area contributed by atoms with Crippen molar-refractivity contribution in [2.75, 3.05) is 11.9 Å². The second kappa shape index (κ2) is 7.40. The van der Waals surface area contributed by atoms with Gasteiger partial charge in [-0.15, -0.1) is 0 Å². The standard InChI is InChI=1S/C21H29N3O4S/c1-13-2-3-17(9-18(13)29(22,27)28)24-19(25)4-5-23-20(26)21-10-14-6-15(11-21)8-16(7-14)12-21/h2-3,9,14-16H,4-8,10-12H2,1H3,(H,23,26)(H,24,25)(H2,22,27,28). The fourth-order valence-electron chi connectivity index (χ4n) is 6.07. The van der Waals surface area contributed by atoms with Gasteiger partial charge < -0.3 is 10.6 Å². The molecule has 0 unspecified atom stereocenters. The molecular weight excluding hydrogens is 390 g/mol. The van der Waals surface area contributed by atoms with Crippen LogP contribution in [0.3, 0.4) is 0 Å². The first-order valence-electron chi connectivity index (χ1n) is 10.4. The zero-order valence-electron chi connectivity index (χ0n) is 16.7. The van der Waals surface area contributed by atoms with Crippen molar-refractivity contribution < 1.29 is 18.0 Å². The maximum absolute atomic E-state index is 12.9. The summed E-state index contributed by atoms with van der Waals surface area (Å²) in [7, 11) is -3.85. The normalized spacial score (nSPS) is 30.2. The molecule has 4 aliphatic rings. The number of primary sulfonamides is 1. The van der Waals surface area contributed by atoms with Crippen molar-refractivity contribution in [2.24, 2.45) is 28.3 Å². The Labute approximate surface area is 171 Å². The number of aryl methyl sites for hydroxylation is 1. The fraction of sp³-hybridized carbons (Fsp3) is 0.619. The number of nitrogens with one attached hydrogen (secondary N) is 2. The molecule has 5 rings (SSSR count). The lowest BCUT2D eigenvalue weighted by atomic mass is 9.49. The summed E-state index contributed by atoms with van der Waals surface area (Å²) in [5, 5.41) is 10.9. The lowest BCUT2D eigenvalue weighted by Crippen LogP contribution is -2.53. The molecule has 0 heterocycles. The first-order valence-corrected chi connectivity index (χ1v) is 11.9. The van der Waals surface area contributed by atoms with E-state index in [1.54, 1.807) is 19.1 Å². The van der Waals surface area contributed by atoms with Crippen LogP contribution >= 0.6 is 0 Å². The molecule has 7 nitrogen and oxygen atoms in total. The predicted octanol–water partition coefficient (Wildman–Crippen LogP) is 2.30. The highest BCUT2D eigenvalue weighted by molar-refractivity contribution is 7.89. The van der Waals surface area contributed by atoms with E-state index in [1.807, 2.05) is 0 Å². The number of carbonyl (C=O) groups is 2. The molecule has 8 heteroatoms. The summed E-state index contributed by atoms with van der Waals surface area (Å²) in [4.78, 5) is 25.1. The van der Waals surface area contributed by atoms with E-state index in [0.29, 0.717) is 29.0 Å². The van der Waals surface area contributed by atoms with E-state index in [9.17, 15) is 18.0 Å². The molecule has 1 aromatic rings. The molecule has 4 saturated carbocycles. The van der Waals surface area contributed by atoms with Crippen LogP contribution in [0.25, 0.3) is 0 Å². The molecule has 29 heavy (non-hydrogen) atoms. The third-order valence-corrected chi connectivity index (χ3v) is 7.99. The summed E-state index contributed by atoms with van der Waals surface area (Å²) in [6.45, 7) is 1.92. The van der Waals surface area contributed by atoms with Crippen LogP contribution in [-0.4, -0.2) is 26.8 Å². The zero-order chi connectivity index (χ0) is 20.8. The summed E-state index contributed by atoms with van der Waals surface area (Å²) in [5.41, 5.74) is 0.678. The molecule has 0 atom stereocenters. The smallest absolute Gasteiger partial charge is 0.238 e. The van der Waals surface area contributed by atoms with Crippen molar-refractivity contribution in [3.05, 3.63) is 23.8 Å². The number of anilines is 1. The lowest BCUT2D eigenvalue weighted by molar-refractivity contribution is -0.146. The van der Waals surface area contributed by atoms with Gasteiger partial charge in [0.25, 0.3) is 0 Å². The van der Waals surface area contributed by atoms with Crippen LogP contribution in [0.4, 0.5) is 5.69 Å². The van der Waals surface area contributed by atoms with Gasteiger partial charge in [0.1, 0.15) is 0 Å².